The third-order valence-corrected chi connectivity index (χ3v) is 3.80. The van der Waals surface area contributed by atoms with Gasteiger partial charge in [0.1, 0.15) is 5.82 Å². The van der Waals surface area contributed by atoms with Gasteiger partial charge in [-0.2, -0.15) is 0 Å². The summed E-state index contributed by atoms with van der Waals surface area (Å²) in [6.45, 7) is 3.86. The number of hydrogen-bond donors (Lipinski definition) is 0. The first-order chi connectivity index (χ1) is 10.2. The normalized spacial score (nSPS) is 17.2. The Kier molecular flexibility index (Phi) is 4.20. The van der Waals surface area contributed by atoms with Crippen molar-refractivity contribution in [2.45, 2.75) is 19.8 Å². The van der Waals surface area contributed by atoms with E-state index in [1.807, 2.05) is 19.1 Å². The molecule has 0 radical (unpaired) electrons. The first kappa shape index (κ1) is 14.1. The molecule has 108 valence electrons. The third kappa shape index (κ3) is 3.61. The third-order valence-electron chi connectivity index (χ3n) is 3.63. The molecule has 1 aromatic carbocycles. The summed E-state index contributed by atoms with van der Waals surface area (Å²) in [4.78, 5) is 10.8. The van der Waals surface area contributed by atoms with E-state index in [2.05, 4.69) is 45.2 Å². The van der Waals surface area contributed by atoms with Crippen molar-refractivity contribution < 1.29 is 0 Å². The van der Waals surface area contributed by atoms with Crippen LogP contribution in [0.3, 0.4) is 0 Å². The second-order valence-electron chi connectivity index (χ2n) is 5.37. The standard InChI is InChI=1S/C17H18ClN3/c1-13-10-16(20-17(18)19-13)21-9-5-8-15(12-21)11-14-6-3-2-4-7-14/h2-4,6-7,10-11H,5,8-9,12H2,1H3/b15-11-. The van der Waals surface area contributed by atoms with E-state index in [1.165, 1.54) is 11.1 Å². The molecule has 0 saturated carbocycles. The van der Waals surface area contributed by atoms with Crippen LogP contribution in [0.1, 0.15) is 24.1 Å². The average Bonchev–Trinajstić information content (AvgIpc) is 2.47. The summed E-state index contributed by atoms with van der Waals surface area (Å²) in [6.07, 6.45) is 4.56. The minimum absolute atomic E-state index is 0.323. The van der Waals surface area contributed by atoms with Crippen LogP contribution in [-0.4, -0.2) is 23.1 Å². The van der Waals surface area contributed by atoms with Crippen molar-refractivity contribution in [3.8, 4) is 0 Å². The molecule has 0 amide bonds. The lowest BCUT2D eigenvalue weighted by molar-refractivity contribution is 0.672. The number of anilines is 1. The summed E-state index contributed by atoms with van der Waals surface area (Å²) >= 11 is 5.97. The van der Waals surface area contributed by atoms with E-state index in [1.54, 1.807) is 0 Å². The number of piperidine rings is 1. The summed E-state index contributed by atoms with van der Waals surface area (Å²) < 4.78 is 0. The van der Waals surface area contributed by atoms with Gasteiger partial charge in [-0.05, 0) is 36.9 Å². The predicted molar refractivity (Wildman–Crippen MR) is 87.6 cm³/mol. The Morgan fingerprint density at radius 3 is 2.76 bits per heavy atom. The van der Waals surface area contributed by atoms with Gasteiger partial charge in [0.05, 0.1) is 0 Å². The second-order valence-corrected chi connectivity index (χ2v) is 5.71. The van der Waals surface area contributed by atoms with Crippen LogP contribution >= 0.6 is 11.6 Å². The molecule has 0 spiro atoms. The maximum atomic E-state index is 5.97. The molecule has 3 rings (SSSR count). The fourth-order valence-electron chi connectivity index (χ4n) is 2.68. The number of benzene rings is 1. The summed E-state index contributed by atoms with van der Waals surface area (Å²) in [7, 11) is 0. The number of aromatic nitrogens is 2. The van der Waals surface area contributed by atoms with Crippen LogP contribution < -0.4 is 4.90 Å². The molecule has 0 atom stereocenters. The van der Waals surface area contributed by atoms with Gasteiger partial charge in [-0.1, -0.05) is 42.0 Å². The molecule has 1 aromatic heterocycles. The molecule has 1 saturated heterocycles. The fraction of sp³-hybridized carbons (Fsp3) is 0.294. The first-order valence-electron chi connectivity index (χ1n) is 7.21. The van der Waals surface area contributed by atoms with Crippen molar-refractivity contribution in [2.24, 2.45) is 0 Å². The van der Waals surface area contributed by atoms with Crippen LogP contribution in [0.4, 0.5) is 5.82 Å². The number of aryl methyl sites for hydroxylation is 1. The van der Waals surface area contributed by atoms with Gasteiger partial charge in [-0.15, -0.1) is 0 Å². The minimum Gasteiger partial charge on any atom is -0.352 e. The Hall–Kier alpha value is -1.87. The topological polar surface area (TPSA) is 29.0 Å². The fourth-order valence-corrected chi connectivity index (χ4v) is 2.90. The highest BCUT2D eigenvalue weighted by Crippen LogP contribution is 2.24. The Labute approximate surface area is 130 Å². The first-order valence-corrected chi connectivity index (χ1v) is 7.59. The highest BCUT2D eigenvalue weighted by molar-refractivity contribution is 6.28. The lowest BCUT2D eigenvalue weighted by atomic mass is 10.0. The Bertz CT molecular complexity index is 632. The van der Waals surface area contributed by atoms with Crippen molar-refractivity contribution >= 4 is 23.5 Å². The zero-order chi connectivity index (χ0) is 14.7. The number of hydrogen-bond acceptors (Lipinski definition) is 3. The molecular formula is C17H18ClN3. The van der Waals surface area contributed by atoms with Gasteiger partial charge in [-0.25, -0.2) is 9.97 Å². The average molecular weight is 300 g/mol. The Balaban J connectivity index is 1.81. The quantitative estimate of drug-likeness (QED) is 0.781. The van der Waals surface area contributed by atoms with E-state index < -0.39 is 0 Å². The molecule has 0 unspecified atom stereocenters. The Morgan fingerprint density at radius 1 is 1.19 bits per heavy atom. The van der Waals surface area contributed by atoms with Crippen LogP contribution in [0.25, 0.3) is 6.08 Å². The van der Waals surface area contributed by atoms with Crippen LogP contribution in [0, 0.1) is 6.92 Å². The molecule has 0 aliphatic carbocycles. The van der Waals surface area contributed by atoms with Crippen molar-refractivity contribution in [2.75, 3.05) is 18.0 Å². The molecule has 1 aliphatic rings. The maximum Gasteiger partial charge on any atom is 0.224 e. The highest BCUT2D eigenvalue weighted by atomic mass is 35.5. The molecule has 1 aliphatic heterocycles. The van der Waals surface area contributed by atoms with Crippen molar-refractivity contribution in [3.63, 3.8) is 0 Å². The van der Waals surface area contributed by atoms with E-state index >= 15 is 0 Å². The van der Waals surface area contributed by atoms with Gasteiger partial charge < -0.3 is 4.90 Å². The monoisotopic (exact) mass is 299 g/mol. The zero-order valence-electron chi connectivity index (χ0n) is 12.1. The van der Waals surface area contributed by atoms with Crippen LogP contribution in [0.15, 0.2) is 42.0 Å². The van der Waals surface area contributed by atoms with E-state index in [0.29, 0.717) is 5.28 Å². The van der Waals surface area contributed by atoms with Crippen molar-refractivity contribution in [1.29, 1.82) is 0 Å². The number of halogens is 1. The van der Waals surface area contributed by atoms with Gasteiger partial charge in [-0.3, -0.25) is 0 Å². The molecule has 0 bridgehead atoms. The highest BCUT2D eigenvalue weighted by Gasteiger charge is 2.16. The Morgan fingerprint density at radius 2 is 2.00 bits per heavy atom. The molecule has 1 fully saturated rings. The summed E-state index contributed by atoms with van der Waals surface area (Å²) in [6, 6.07) is 12.5. The van der Waals surface area contributed by atoms with Crippen molar-refractivity contribution in [1.82, 2.24) is 9.97 Å². The molecular weight excluding hydrogens is 282 g/mol. The van der Waals surface area contributed by atoms with Gasteiger partial charge in [0.25, 0.3) is 0 Å². The maximum absolute atomic E-state index is 5.97. The van der Waals surface area contributed by atoms with Gasteiger partial charge in [0.15, 0.2) is 0 Å². The lowest BCUT2D eigenvalue weighted by Crippen LogP contribution is -2.31. The van der Waals surface area contributed by atoms with Crippen LogP contribution in [-0.2, 0) is 0 Å². The summed E-state index contributed by atoms with van der Waals surface area (Å²) in [5, 5.41) is 0.323. The molecule has 3 nitrogen and oxygen atoms in total. The molecule has 2 aromatic rings. The summed E-state index contributed by atoms with van der Waals surface area (Å²) in [5.74, 6) is 0.922. The molecule has 21 heavy (non-hydrogen) atoms. The molecule has 0 N–H and O–H groups in total. The lowest BCUT2D eigenvalue weighted by Gasteiger charge is -2.30. The van der Waals surface area contributed by atoms with Gasteiger partial charge in [0.2, 0.25) is 5.28 Å². The van der Waals surface area contributed by atoms with Gasteiger partial charge in [0, 0.05) is 24.8 Å². The molecule has 4 heteroatoms. The minimum atomic E-state index is 0.323. The number of nitrogens with zero attached hydrogens (tertiary/aromatic N) is 3. The van der Waals surface area contributed by atoms with E-state index in [4.69, 9.17) is 11.6 Å². The zero-order valence-corrected chi connectivity index (χ0v) is 12.8. The van der Waals surface area contributed by atoms with Crippen molar-refractivity contribution in [3.05, 3.63) is 58.5 Å². The van der Waals surface area contributed by atoms with Crippen LogP contribution in [0.5, 0.6) is 0 Å². The van der Waals surface area contributed by atoms with E-state index in [-0.39, 0.29) is 0 Å². The second kappa shape index (κ2) is 6.27. The SMILES string of the molecule is Cc1cc(N2CCC/C(=C/c3ccccc3)C2)nc(Cl)n1. The molecule has 2 heterocycles. The largest absolute Gasteiger partial charge is 0.352 e. The number of rotatable bonds is 2. The van der Waals surface area contributed by atoms with Gasteiger partial charge >= 0.3 is 0 Å². The van der Waals surface area contributed by atoms with E-state index in [0.717, 1.165) is 37.4 Å². The predicted octanol–water partition coefficient (Wildman–Crippen LogP) is 4.12. The van der Waals surface area contributed by atoms with E-state index in [9.17, 15) is 0 Å². The smallest absolute Gasteiger partial charge is 0.224 e. The van der Waals surface area contributed by atoms with Crippen LogP contribution in [0.2, 0.25) is 5.28 Å². The summed E-state index contributed by atoms with van der Waals surface area (Å²) in [5.41, 5.74) is 3.59.